The molecule has 0 amide bonds. The molecule has 1 aliphatic carbocycles. The number of nitrogens with one attached hydrogen (secondary N) is 1. The van der Waals surface area contributed by atoms with Gasteiger partial charge in [0, 0.05) is 23.4 Å². The molecule has 4 nitrogen and oxygen atoms in total. The van der Waals surface area contributed by atoms with Gasteiger partial charge in [-0.1, -0.05) is 19.8 Å². The lowest BCUT2D eigenvalue weighted by molar-refractivity contribution is -0.385. The van der Waals surface area contributed by atoms with Crippen molar-refractivity contribution < 1.29 is 4.92 Å². The summed E-state index contributed by atoms with van der Waals surface area (Å²) in [4.78, 5) is 10.8. The van der Waals surface area contributed by atoms with E-state index in [9.17, 15) is 10.1 Å². The van der Waals surface area contributed by atoms with Gasteiger partial charge in [-0.05, 0) is 57.1 Å². The first-order valence-electron chi connectivity index (χ1n) is 8.03. The average Bonchev–Trinajstić information content (AvgIpc) is 2.43. The first-order chi connectivity index (χ1) is 10.0. The van der Waals surface area contributed by atoms with E-state index in [0.29, 0.717) is 6.04 Å². The van der Waals surface area contributed by atoms with Crippen LogP contribution in [0.15, 0.2) is 12.1 Å². The maximum atomic E-state index is 11.1. The summed E-state index contributed by atoms with van der Waals surface area (Å²) in [5, 5.41) is 14.6. The lowest BCUT2D eigenvalue weighted by Gasteiger charge is -2.30. The zero-order valence-corrected chi connectivity index (χ0v) is 13.3. The van der Waals surface area contributed by atoms with Crippen molar-refractivity contribution in [1.82, 2.24) is 0 Å². The first kappa shape index (κ1) is 15.8. The minimum Gasteiger partial charge on any atom is -0.382 e. The average molecular weight is 290 g/mol. The Labute approximate surface area is 127 Å². The summed E-state index contributed by atoms with van der Waals surface area (Å²) in [5.41, 5.74) is 2.96. The molecule has 1 N–H and O–H groups in total. The van der Waals surface area contributed by atoms with Gasteiger partial charge in [-0.2, -0.15) is 0 Å². The van der Waals surface area contributed by atoms with Crippen molar-refractivity contribution >= 4 is 11.4 Å². The molecule has 1 aromatic carbocycles. The monoisotopic (exact) mass is 290 g/mol. The van der Waals surface area contributed by atoms with Gasteiger partial charge in [-0.3, -0.25) is 10.1 Å². The highest BCUT2D eigenvalue weighted by Gasteiger charge is 2.22. The highest BCUT2D eigenvalue weighted by atomic mass is 16.6. The van der Waals surface area contributed by atoms with Gasteiger partial charge >= 0.3 is 0 Å². The Morgan fingerprint density at radius 3 is 2.43 bits per heavy atom. The predicted molar refractivity (Wildman–Crippen MR) is 86.8 cm³/mol. The maximum Gasteiger partial charge on any atom is 0.274 e. The van der Waals surface area contributed by atoms with E-state index < -0.39 is 0 Å². The third-order valence-corrected chi connectivity index (χ3v) is 4.64. The van der Waals surface area contributed by atoms with Crippen LogP contribution < -0.4 is 5.32 Å². The number of benzene rings is 1. The number of anilines is 1. The van der Waals surface area contributed by atoms with E-state index in [0.717, 1.165) is 22.7 Å². The third-order valence-electron chi connectivity index (χ3n) is 4.64. The minimum absolute atomic E-state index is 0.211. The van der Waals surface area contributed by atoms with Crippen molar-refractivity contribution in [2.75, 3.05) is 5.32 Å². The highest BCUT2D eigenvalue weighted by molar-refractivity contribution is 5.60. The van der Waals surface area contributed by atoms with E-state index in [1.807, 2.05) is 13.0 Å². The largest absolute Gasteiger partial charge is 0.382 e. The van der Waals surface area contributed by atoms with Gasteiger partial charge in [0.25, 0.3) is 5.69 Å². The molecular formula is C17H26N2O2. The molecule has 0 radical (unpaired) electrons. The molecule has 0 saturated heterocycles. The van der Waals surface area contributed by atoms with E-state index in [-0.39, 0.29) is 10.6 Å². The number of nitro groups is 1. The molecule has 116 valence electrons. The van der Waals surface area contributed by atoms with Gasteiger partial charge in [-0.25, -0.2) is 0 Å². The number of rotatable bonds is 5. The molecule has 0 heterocycles. The van der Waals surface area contributed by atoms with Gasteiger partial charge in [-0.15, -0.1) is 0 Å². The second-order valence-electron chi connectivity index (χ2n) is 6.36. The van der Waals surface area contributed by atoms with E-state index in [1.54, 1.807) is 13.0 Å². The lowest BCUT2D eigenvalue weighted by atomic mass is 9.83. The Hall–Kier alpha value is -1.58. The topological polar surface area (TPSA) is 55.2 Å². The minimum atomic E-state index is -0.294. The van der Waals surface area contributed by atoms with E-state index in [1.165, 1.54) is 38.5 Å². The van der Waals surface area contributed by atoms with Crippen molar-refractivity contribution in [2.24, 2.45) is 5.92 Å². The molecule has 1 aromatic rings. The number of nitro benzene ring substituents is 1. The predicted octanol–water partition coefficient (Wildman–Crippen LogP) is 4.98. The van der Waals surface area contributed by atoms with Crippen LogP contribution in [0.3, 0.4) is 0 Å². The summed E-state index contributed by atoms with van der Waals surface area (Å²) in [5.74, 6) is 0.876. The van der Waals surface area contributed by atoms with E-state index in [4.69, 9.17) is 0 Å². The maximum absolute atomic E-state index is 11.1. The van der Waals surface area contributed by atoms with Gasteiger partial charge < -0.3 is 5.32 Å². The summed E-state index contributed by atoms with van der Waals surface area (Å²) < 4.78 is 0. The fourth-order valence-corrected chi connectivity index (χ4v) is 3.42. The summed E-state index contributed by atoms with van der Waals surface area (Å²) in [6.07, 6.45) is 7.50. The third kappa shape index (κ3) is 3.96. The fourth-order valence-electron chi connectivity index (χ4n) is 3.42. The van der Waals surface area contributed by atoms with Crippen molar-refractivity contribution in [2.45, 2.75) is 65.3 Å². The number of aryl methyl sites for hydroxylation is 2. The van der Waals surface area contributed by atoms with Gasteiger partial charge in [0.2, 0.25) is 0 Å². The molecule has 1 fully saturated rings. The van der Waals surface area contributed by atoms with Crippen LogP contribution in [0.2, 0.25) is 0 Å². The van der Waals surface area contributed by atoms with Crippen LogP contribution in [0.5, 0.6) is 0 Å². The molecule has 0 bridgehead atoms. The quantitative estimate of drug-likeness (QED) is 0.614. The molecular weight excluding hydrogens is 264 g/mol. The van der Waals surface area contributed by atoms with Crippen molar-refractivity contribution in [1.29, 1.82) is 0 Å². The van der Waals surface area contributed by atoms with Crippen LogP contribution in [0, 0.1) is 29.9 Å². The van der Waals surface area contributed by atoms with Gasteiger partial charge in [0.15, 0.2) is 0 Å². The van der Waals surface area contributed by atoms with Crippen molar-refractivity contribution in [3.8, 4) is 0 Å². The molecule has 0 spiro atoms. The van der Waals surface area contributed by atoms with E-state index in [2.05, 4.69) is 12.2 Å². The number of nitrogens with zero attached hydrogens (tertiary/aromatic N) is 1. The zero-order chi connectivity index (χ0) is 15.4. The Morgan fingerprint density at radius 1 is 1.19 bits per heavy atom. The smallest absolute Gasteiger partial charge is 0.274 e. The standard InChI is InChI=1S/C17H26N2O2/c1-4-5-14-6-8-15(9-7-14)18-16-11-17(19(20)21)13(3)10-12(16)2/h10-11,14-15,18H,4-9H2,1-3H3. The first-order valence-corrected chi connectivity index (χ1v) is 8.03. The molecule has 4 heteroatoms. The molecule has 0 aromatic heterocycles. The Morgan fingerprint density at radius 2 is 1.86 bits per heavy atom. The fraction of sp³-hybridized carbons (Fsp3) is 0.647. The second-order valence-corrected chi connectivity index (χ2v) is 6.36. The highest BCUT2D eigenvalue weighted by Crippen LogP contribution is 2.32. The molecule has 1 aliphatic rings. The number of hydrogen-bond acceptors (Lipinski definition) is 3. The van der Waals surface area contributed by atoms with Crippen molar-refractivity contribution in [3.63, 3.8) is 0 Å². The molecule has 2 rings (SSSR count). The van der Waals surface area contributed by atoms with Gasteiger partial charge in [0.1, 0.15) is 0 Å². The van der Waals surface area contributed by atoms with Crippen LogP contribution in [0.1, 0.15) is 56.6 Å². The van der Waals surface area contributed by atoms with Crippen LogP contribution in [-0.4, -0.2) is 11.0 Å². The summed E-state index contributed by atoms with van der Waals surface area (Å²) in [6.45, 7) is 6.06. The Balaban J connectivity index is 2.03. The zero-order valence-electron chi connectivity index (χ0n) is 13.3. The van der Waals surface area contributed by atoms with Crippen LogP contribution in [0.4, 0.5) is 11.4 Å². The number of hydrogen-bond donors (Lipinski definition) is 1. The van der Waals surface area contributed by atoms with Crippen LogP contribution >= 0.6 is 0 Å². The molecule has 0 atom stereocenters. The van der Waals surface area contributed by atoms with Gasteiger partial charge in [0.05, 0.1) is 4.92 Å². The Bertz CT molecular complexity index is 506. The summed E-state index contributed by atoms with van der Waals surface area (Å²) >= 11 is 0. The molecule has 0 unspecified atom stereocenters. The molecule has 1 saturated carbocycles. The van der Waals surface area contributed by atoms with Crippen LogP contribution in [-0.2, 0) is 0 Å². The summed E-state index contributed by atoms with van der Waals surface area (Å²) in [6, 6.07) is 4.06. The van der Waals surface area contributed by atoms with Crippen molar-refractivity contribution in [3.05, 3.63) is 33.4 Å². The van der Waals surface area contributed by atoms with Crippen LogP contribution in [0.25, 0.3) is 0 Å². The van der Waals surface area contributed by atoms with E-state index >= 15 is 0 Å². The normalized spacial score (nSPS) is 22.0. The molecule has 0 aliphatic heterocycles. The second kappa shape index (κ2) is 6.92. The SMILES string of the molecule is CCCC1CCC(Nc2cc([N+](=O)[O-])c(C)cc2C)CC1. The Kier molecular flexibility index (Phi) is 5.21. The lowest BCUT2D eigenvalue weighted by Crippen LogP contribution is -2.26. The summed E-state index contributed by atoms with van der Waals surface area (Å²) in [7, 11) is 0. The molecule has 21 heavy (non-hydrogen) atoms.